The first-order chi connectivity index (χ1) is 10.3. The zero-order valence-electron chi connectivity index (χ0n) is 12.5. The van der Waals surface area contributed by atoms with Crippen LogP contribution >= 0.6 is 11.3 Å². The summed E-state index contributed by atoms with van der Waals surface area (Å²) in [5, 5.41) is 5.59. The molecule has 3 rings (SSSR count). The molecule has 2 nitrogen and oxygen atoms in total. The number of hydrogen-bond donors (Lipinski definition) is 1. The van der Waals surface area contributed by atoms with E-state index in [4.69, 9.17) is 4.74 Å². The summed E-state index contributed by atoms with van der Waals surface area (Å²) < 4.78 is 5.80. The Kier molecular flexibility index (Phi) is 4.94. The van der Waals surface area contributed by atoms with Crippen LogP contribution in [0.5, 0.6) is 5.75 Å². The quantitative estimate of drug-likeness (QED) is 0.771. The van der Waals surface area contributed by atoms with Crippen LogP contribution in [0.2, 0.25) is 0 Å². The highest BCUT2D eigenvalue weighted by atomic mass is 32.1. The molecule has 2 aromatic rings. The summed E-state index contributed by atoms with van der Waals surface area (Å²) in [4.78, 5) is 1.48. The fourth-order valence-electron chi connectivity index (χ4n) is 2.57. The molecular formula is C18H23NOS. The highest BCUT2D eigenvalue weighted by molar-refractivity contribution is 7.09. The van der Waals surface area contributed by atoms with E-state index in [0.29, 0.717) is 12.1 Å². The van der Waals surface area contributed by atoms with Gasteiger partial charge in [-0.1, -0.05) is 18.2 Å². The molecule has 0 saturated heterocycles. The molecule has 0 amide bonds. The second-order valence-electron chi connectivity index (χ2n) is 5.70. The van der Waals surface area contributed by atoms with Gasteiger partial charge < -0.3 is 10.1 Å². The lowest BCUT2D eigenvalue weighted by atomic mass is 10.0. The van der Waals surface area contributed by atoms with Crippen molar-refractivity contribution in [2.24, 2.45) is 0 Å². The van der Waals surface area contributed by atoms with Crippen molar-refractivity contribution in [1.29, 1.82) is 0 Å². The average molecular weight is 301 g/mol. The predicted octanol–water partition coefficient (Wildman–Crippen LogP) is 4.57. The van der Waals surface area contributed by atoms with E-state index in [1.54, 1.807) is 0 Å². The molecule has 1 aromatic heterocycles. The first-order valence-electron chi connectivity index (χ1n) is 7.81. The fourth-order valence-corrected chi connectivity index (χ4v) is 3.32. The third-order valence-corrected chi connectivity index (χ3v) is 4.89. The molecule has 1 saturated carbocycles. The van der Waals surface area contributed by atoms with Gasteiger partial charge in [0.15, 0.2) is 0 Å². The molecule has 1 unspecified atom stereocenters. The normalized spacial score (nSPS) is 15.9. The van der Waals surface area contributed by atoms with Crippen molar-refractivity contribution in [3.05, 3.63) is 52.2 Å². The molecule has 3 heteroatoms. The summed E-state index contributed by atoms with van der Waals surface area (Å²) in [6.07, 6.45) is 6.46. The van der Waals surface area contributed by atoms with Gasteiger partial charge in [-0.3, -0.25) is 0 Å². The highest BCUT2D eigenvalue weighted by Gasteiger charge is 2.23. The Morgan fingerprint density at radius 2 is 2.05 bits per heavy atom. The van der Waals surface area contributed by atoms with Crippen LogP contribution < -0.4 is 10.1 Å². The summed E-state index contributed by atoms with van der Waals surface area (Å²) in [5.74, 6) is 1.01. The van der Waals surface area contributed by atoms with E-state index in [2.05, 4.69) is 47.1 Å². The number of benzene rings is 1. The van der Waals surface area contributed by atoms with Gasteiger partial charge in [0.2, 0.25) is 0 Å². The summed E-state index contributed by atoms with van der Waals surface area (Å²) >= 11 is 1.85. The van der Waals surface area contributed by atoms with Crippen LogP contribution in [-0.4, -0.2) is 13.2 Å². The van der Waals surface area contributed by atoms with Crippen LogP contribution in [0.25, 0.3) is 0 Å². The molecule has 0 bridgehead atoms. The topological polar surface area (TPSA) is 21.3 Å². The fraction of sp³-hybridized carbons (Fsp3) is 0.444. The van der Waals surface area contributed by atoms with Crippen LogP contribution in [0, 0.1) is 0 Å². The molecule has 1 heterocycles. The molecule has 1 fully saturated rings. The highest BCUT2D eigenvalue weighted by Crippen LogP contribution is 2.28. The molecule has 1 N–H and O–H groups in total. The number of nitrogens with one attached hydrogen (secondary N) is 1. The van der Waals surface area contributed by atoms with Crippen LogP contribution in [0.1, 0.15) is 42.2 Å². The number of aryl methyl sites for hydroxylation is 1. The predicted molar refractivity (Wildman–Crippen MR) is 89.1 cm³/mol. The molecule has 1 aliphatic carbocycles. The lowest BCUT2D eigenvalue weighted by Gasteiger charge is -2.17. The Hall–Kier alpha value is -1.32. The summed E-state index contributed by atoms with van der Waals surface area (Å²) in [7, 11) is 2.05. The molecule has 1 aliphatic rings. The Morgan fingerprint density at radius 3 is 2.67 bits per heavy atom. The van der Waals surface area contributed by atoms with Crippen molar-refractivity contribution in [3.8, 4) is 5.75 Å². The van der Waals surface area contributed by atoms with Crippen LogP contribution in [0.4, 0.5) is 0 Å². The largest absolute Gasteiger partial charge is 0.490 e. The minimum absolute atomic E-state index is 0.430. The first kappa shape index (κ1) is 14.6. The van der Waals surface area contributed by atoms with E-state index >= 15 is 0 Å². The van der Waals surface area contributed by atoms with Gasteiger partial charge in [0, 0.05) is 10.9 Å². The molecule has 1 atom stereocenters. The van der Waals surface area contributed by atoms with Crippen molar-refractivity contribution < 1.29 is 4.74 Å². The third kappa shape index (κ3) is 4.32. The summed E-state index contributed by atoms with van der Waals surface area (Å²) in [6, 6.07) is 13.4. The maximum atomic E-state index is 5.80. The second kappa shape index (κ2) is 7.10. The average Bonchev–Trinajstić information content (AvgIpc) is 3.17. The molecule has 0 aliphatic heterocycles. The number of thiophene rings is 1. The van der Waals surface area contributed by atoms with Gasteiger partial charge in [-0.25, -0.2) is 0 Å². The Morgan fingerprint density at radius 1 is 1.24 bits per heavy atom. The van der Waals surface area contributed by atoms with Crippen LogP contribution in [0.3, 0.4) is 0 Å². The third-order valence-electron chi connectivity index (χ3n) is 3.95. The van der Waals surface area contributed by atoms with E-state index in [0.717, 1.165) is 12.2 Å². The van der Waals surface area contributed by atoms with Crippen molar-refractivity contribution in [1.82, 2.24) is 5.32 Å². The van der Waals surface area contributed by atoms with E-state index in [9.17, 15) is 0 Å². The maximum Gasteiger partial charge on any atom is 0.119 e. The van der Waals surface area contributed by atoms with Gasteiger partial charge in [-0.15, -0.1) is 11.3 Å². The van der Waals surface area contributed by atoms with E-state index in [1.807, 2.05) is 18.4 Å². The first-order valence-corrected chi connectivity index (χ1v) is 8.69. The molecule has 112 valence electrons. The van der Waals surface area contributed by atoms with Gasteiger partial charge in [0.25, 0.3) is 0 Å². The van der Waals surface area contributed by atoms with Gasteiger partial charge in [-0.2, -0.15) is 0 Å². The van der Waals surface area contributed by atoms with Gasteiger partial charge >= 0.3 is 0 Å². The van der Waals surface area contributed by atoms with Crippen molar-refractivity contribution in [3.63, 3.8) is 0 Å². The van der Waals surface area contributed by atoms with Crippen molar-refractivity contribution in [2.75, 3.05) is 7.05 Å². The van der Waals surface area contributed by atoms with E-state index in [-0.39, 0.29) is 0 Å². The SMILES string of the molecule is CNC(CCCc1cccs1)c1ccc(OC2CC2)cc1. The van der Waals surface area contributed by atoms with Gasteiger partial charge in [-0.05, 0) is 68.3 Å². The standard InChI is InChI=1S/C18H23NOS/c1-19-18(6-2-4-17-5-3-13-21-17)14-7-9-15(10-8-14)20-16-11-12-16/h3,5,7-10,13,16,18-19H,2,4,6,11-12H2,1H3. The maximum absolute atomic E-state index is 5.80. The molecule has 0 spiro atoms. The van der Waals surface area contributed by atoms with E-state index in [1.165, 1.54) is 36.1 Å². The van der Waals surface area contributed by atoms with Crippen LogP contribution in [-0.2, 0) is 6.42 Å². The smallest absolute Gasteiger partial charge is 0.119 e. The lowest BCUT2D eigenvalue weighted by molar-refractivity contribution is 0.303. The van der Waals surface area contributed by atoms with Gasteiger partial charge in [0.05, 0.1) is 6.10 Å². The number of ether oxygens (including phenoxy) is 1. The monoisotopic (exact) mass is 301 g/mol. The summed E-state index contributed by atoms with van der Waals surface area (Å²) in [5.41, 5.74) is 1.35. The zero-order valence-corrected chi connectivity index (χ0v) is 13.4. The Bertz CT molecular complexity index is 531. The van der Waals surface area contributed by atoms with E-state index < -0.39 is 0 Å². The van der Waals surface area contributed by atoms with Gasteiger partial charge in [0.1, 0.15) is 5.75 Å². The Labute approximate surface area is 131 Å². The second-order valence-corrected chi connectivity index (χ2v) is 6.73. The van der Waals surface area contributed by atoms with Crippen LogP contribution in [0.15, 0.2) is 41.8 Å². The minimum Gasteiger partial charge on any atom is -0.490 e. The lowest BCUT2D eigenvalue weighted by Crippen LogP contribution is -2.16. The molecule has 1 aromatic carbocycles. The number of hydrogen-bond acceptors (Lipinski definition) is 3. The molecular weight excluding hydrogens is 278 g/mol. The molecule has 0 radical (unpaired) electrons. The zero-order chi connectivity index (χ0) is 14.5. The molecule has 21 heavy (non-hydrogen) atoms. The Balaban J connectivity index is 1.51. The summed E-state index contributed by atoms with van der Waals surface area (Å²) in [6.45, 7) is 0. The number of rotatable bonds is 8. The van der Waals surface area contributed by atoms with Crippen molar-refractivity contribution >= 4 is 11.3 Å². The minimum atomic E-state index is 0.430. The van der Waals surface area contributed by atoms with Crippen molar-refractivity contribution in [2.45, 2.75) is 44.2 Å².